The van der Waals surface area contributed by atoms with Gasteiger partial charge in [-0.15, -0.1) is 0 Å². The monoisotopic (exact) mass is 831 g/mol. The molecule has 52 heavy (non-hydrogen) atoms. The van der Waals surface area contributed by atoms with Crippen molar-refractivity contribution in [3.63, 3.8) is 0 Å². The third-order valence-corrected chi connectivity index (χ3v) is 10.3. The van der Waals surface area contributed by atoms with E-state index in [0.29, 0.717) is 61.4 Å². The molecule has 3 unspecified atom stereocenters. The molecule has 0 saturated carbocycles. The number of amides is 1. The summed E-state index contributed by atoms with van der Waals surface area (Å²) in [5.41, 5.74) is 1.31. The molecule has 0 bridgehead atoms. The number of carbonyl (C=O) groups is 5. The zero-order valence-corrected chi connectivity index (χ0v) is 34.4. The van der Waals surface area contributed by atoms with Crippen molar-refractivity contribution >= 4 is 51.8 Å². The summed E-state index contributed by atoms with van der Waals surface area (Å²) in [6.07, 6.45) is 8.49. The zero-order valence-electron chi connectivity index (χ0n) is 32.3. The van der Waals surface area contributed by atoms with E-state index in [4.69, 9.17) is 0 Å². The van der Waals surface area contributed by atoms with Gasteiger partial charge >= 0.3 is 5.97 Å². The van der Waals surface area contributed by atoms with E-state index in [-0.39, 0.29) is 52.7 Å². The molecule has 3 N–H and O–H groups in total. The van der Waals surface area contributed by atoms with Gasteiger partial charge in [-0.2, -0.15) is 0 Å². The Morgan fingerprint density at radius 2 is 1.33 bits per heavy atom. The number of aliphatic carboxylic acids is 1. The second kappa shape index (κ2) is 22.2. The predicted molar refractivity (Wildman–Crippen MR) is 215 cm³/mol. The highest BCUT2D eigenvalue weighted by molar-refractivity contribution is 14.1. The summed E-state index contributed by atoms with van der Waals surface area (Å²) in [5.74, 6) is -2.25. The average molecular weight is 832 g/mol. The topological polar surface area (TPSA) is 138 Å². The number of carboxylic acid groups (broad SMARTS) is 1. The van der Waals surface area contributed by atoms with Crippen molar-refractivity contribution in [2.24, 2.45) is 22.7 Å². The number of rotatable bonds is 24. The fraction of sp³-hybridized carbons (Fsp3) is 0.605. The van der Waals surface area contributed by atoms with E-state index in [1.807, 2.05) is 63.2 Å². The third kappa shape index (κ3) is 18.1. The van der Waals surface area contributed by atoms with Crippen molar-refractivity contribution in [3.8, 4) is 5.75 Å². The molecule has 3 atom stereocenters. The predicted octanol–water partition coefficient (Wildman–Crippen LogP) is 9.45. The number of carbonyl (C=O) groups excluding carboxylic acids is 4. The molecule has 0 aliphatic heterocycles. The summed E-state index contributed by atoms with van der Waals surface area (Å²) in [4.78, 5) is 64.4. The van der Waals surface area contributed by atoms with Crippen LogP contribution in [0.5, 0.6) is 5.75 Å². The third-order valence-electron chi connectivity index (χ3n) is 9.46. The van der Waals surface area contributed by atoms with E-state index in [1.54, 1.807) is 6.07 Å². The summed E-state index contributed by atoms with van der Waals surface area (Å²) < 4.78 is 0.696. The lowest BCUT2D eigenvalue weighted by atomic mass is 9.81. The van der Waals surface area contributed by atoms with Crippen LogP contribution in [0.15, 0.2) is 48.5 Å². The number of aromatic hydroxyl groups is 1. The van der Waals surface area contributed by atoms with Gasteiger partial charge in [0.25, 0.3) is 0 Å². The van der Waals surface area contributed by atoms with Crippen LogP contribution in [-0.4, -0.2) is 45.5 Å². The van der Waals surface area contributed by atoms with Crippen molar-refractivity contribution in [2.45, 2.75) is 144 Å². The Hall–Kier alpha value is -3.08. The quantitative estimate of drug-likeness (QED) is 0.0708. The molecule has 0 fully saturated rings. The molecule has 0 aliphatic carbocycles. The highest BCUT2D eigenvalue weighted by atomic mass is 127. The molecule has 1 amide bonds. The van der Waals surface area contributed by atoms with Gasteiger partial charge in [0.1, 0.15) is 17.3 Å². The van der Waals surface area contributed by atoms with Gasteiger partial charge in [0.15, 0.2) is 5.78 Å². The lowest BCUT2D eigenvalue weighted by Gasteiger charge is -2.28. The fourth-order valence-electron chi connectivity index (χ4n) is 6.39. The van der Waals surface area contributed by atoms with E-state index >= 15 is 0 Å². The molecule has 2 rings (SSSR count). The van der Waals surface area contributed by atoms with Gasteiger partial charge in [0.05, 0.1) is 15.5 Å². The molecular weight excluding hydrogens is 769 g/mol. The minimum absolute atomic E-state index is 0.168. The summed E-state index contributed by atoms with van der Waals surface area (Å²) >= 11 is 2.06. The standard InChI is InChI=1S/C43H62INO7/c1-42(2,3)29-33(25-31-23-24-37(47)35(44)26-31)40(50)45-36(27-30-17-11-9-12-18-30)38(48)28-32(41(51)52)19-13-10-15-21-34(46)20-14-7-8-16-22-39(49)43(4,5)6/h9,11-12,17-18,23-24,26,32-33,36,47H,7-8,10,13-16,19-22,25,27-29H2,1-6H3,(H,45,50)(H,51,52). The van der Waals surface area contributed by atoms with E-state index < -0.39 is 23.8 Å². The first kappa shape index (κ1) is 45.1. The maximum absolute atomic E-state index is 13.9. The minimum atomic E-state index is -1.04. The number of phenols is 1. The van der Waals surface area contributed by atoms with E-state index in [2.05, 4.69) is 48.7 Å². The Morgan fingerprint density at radius 1 is 0.731 bits per heavy atom. The van der Waals surface area contributed by atoms with Crippen molar-refractivity contribution in [2.75, 3.05) is 0 Å². The number of nitrogens with one attached hydrogen (secondary N) is 1. The first-order chi connectivity index (χ1) is 24.4. The SMILES string of the molecule is CC(C)(C)CC(Cc1ccc(O)c(I)c1)C(=O)NC(Cc1ccccc1)C(=O)CC(CCCCCC(=O)CCCCCCC(=O)C(C)(C)C)C(=O)O. The largest absolute Gasteiger partial charge is 0.507 e. The molecule has 0 heterocycles. The maximum Gasteiger partial charge on any atom is 0.306 e. The molecule has 2 aromatic rings. The molecule has 0 saturated heterocycles. The molecule has 0 aliphatic rings. The van der Waals surface area contributed by atoms with E-state index in [1.165, 1.54) is 0 Å². The van der Waals surface area contributed by atoms with Crippen molar-refractivity contribution in [3.05, 3.63) is 63.2 Å². The van der Waals surface area contributed by atoms with Gasteiger partial charge in [0, 0.05) is 37.0 Å². The van der Waals surface area contributed by atoms with E-state index in [9.17, 15) is 34.2 Å². The number of unbranched alkanes of at least 4 members (excludes halogenated alkanes) is 5. The Bertz CT molecular complexity index is 1460. The number of benzene rings is 2. The Morgan fingerprint density at radius 3 is 1.88 bits per heavy atom. The molecule has 288 valence electrons. The molecule has 0 spiro atoms. The van der Waals surface area contributed by atoms with Crippen LogP contribution in [0.3, 0.4) is 0 Å². The van der Waals surface area contributed by atoms with Crippen LogP contribution in [0.2, 0.25) is 0 Å². The van der Waals surface area contributed by atoms with Crippen LogP contribution in [0.1, 0.15) is 136 Å². The number of hydrogen-bond donors (Lipinski definition) is 3. The number of halogens is 1. The smallest absolute Gasteiger partial charge is 0.306 e. The Kier molecular flexibility index (Phi) is 19.3. The number of carboxylic acids is 1. The molecular formula is C43H62INO7. The first-order valence-corrected chi connectivity index (χ1v) is 20.1. The summed E-state index contributed by atoms with van der Waals surface area (Å²) in [6, 6.07) is 13.8. The number of hydrogen-bond acceptors (Lipinski definition) is 6. The van der Waals surface area contributed by atoms with Gasteiger partial charge in [-0.1, -0.05) is 104 Å². The second-order valence-electron chi connectivity index (χ2n) is 16.6. The lowest BCUT2D eigenvalue weighted by molar-refractivity contribution is -0.144. The summed E-state index contributed by atoms with van der Waals surface area (Å²) in [5, 5.41) is 23.1. The van der Waals surface area contributed by atoms with Gasteiger partial charge < -0.3 is 15.5 Å². The molecule has 0 aromatic heterocycles. The normalized spacial score (nSPS) is 13.6. The number of Topliss-reactive ketones (excluding diaryl/α,β-unsaturated/α-hetero) is 3. The summed E-state index contributed by atoms with van der Waals surface area (Å²) in [7, 11) is 0. The summed E-state index contributed by atoms with van der Waals surface area (Å²) in [6.45, 7) is 12.0. The number of phenolic OH excluding ortho intramolecular Hbond substituents is 1. The first-order valence-electron chi connectivity index (χ1n) is 19.0. The molecule has 9 heteroatoms. The van der Waals surface area contributed by atoms with Crippen LogP contribution in [0.4, 0.5) is 0 Å². The molecule has 2 aromatic carbocycles. The van der Waals surface area contributed by atoms with Crippen LogP contribution in [0, 0.1) is 26.2 Å². The van der Waals surface area contributed by atoms with Gasteiger partial charge in [0.2, 0.25) is 5.91 Å². The van der Waals surface area contributed by atoms with Crippen LogP contribution in [-0.2, 0) is 36.8 Å². The highest BCUT2D eigenvalue weighted by Crippen LogP contribution is 2.29. The Balaban J connectivity index is 1.95. The zero-order chi connectivity index (χ0) is 38.9. The molecule has 8 nitrogen and oxygen atoms in total. The van der Waals surface area contributed by atoms with Gasteiger partial charge in [-0.25, -0.2) is 0 Å². The maximum atomic E-state index is 13.9. The lowest BCUT2D eigenvalue weighted by Crippen LogP contribution is -2.46. The van der Waals surface area contributed by atoms with E-state index in [0.717, 1.165) is 36.8 Å². The average Bonchev–Trinajstić information content (AvgIpc) is 3.05. The van der Waals surface area contributed by atoms with Crippen LogP contribution >= 0.6 is 22.6 Å². The van der Waals surface area contributed by atoms with Crippen molar-refractivity contribution < 1.29 is 34.2 Å². The van der Waals surface area contributed by atoms with Gasteiger partial charge in [-0.3, -0.25) is 24.0 Å². The highest BCUT2D eigenvalue weighted by Gasteiger charge is 2.31. The van der Waals surface area contributed by atoms with Gasteiger partial charge in [-0.05, 0) is 96.2 Å². The minimum Gasteiger partial charge on any atom is -0.507 e. The van der Waals surface area contributed by atoms with Crippen molar-refractivity contribution in [1.82, 2.24) is 5.32 Å². The second-order valence-corrected chi connectivity index (χ2v) is 17.8. The Labute approximate surface area is 325 Å². The van der Waals surface area contributed by atoms with Crippen LogP contribution in [0.25, 0.3) is 0 Å². The fourth-order valence-corrected chi connectivity index (χ4v) is 6.97. The number of ketones is 3. The van der Waals surface area contributed by atoms with Crippen LogP contribution < -0.4 is 5.32 Å². The van der Waals surface area contributed by atoms with Crippen molar-refractivity contribution in [1.29, 1.82) is 0 Å². The molecule has 0 radical (unpaired) electrons.